The van der Waals surface area contributed by atoms with Crippen molar-refractivity contribution in [2.45, 2.75) is 63.6 Å². The van der Waals surface area contributed by atoms with E-state index in [2.05, 4.69) is 15.6 Å². The number of amides is 3. The standard InChI is InChI=1S/C28H35N5O5/c1-28(2,31-27(37)38)25(35)29-22(13-8-11-19-9-4-3-5-10-19)24(34)32-17-15-20(16-18-32)33-23-14-7-6-12-21(23)30-26(33)36/h3-7,9-10,12,14,20,22,31H,8,11,13,15-18H2,1-2H3,(H,29,35)(H,30,36)(H,37,38)/t22-/m1/s1. The number of piperidine rings is 1. The van der Waals surface area contributed by atoms with E-state index in [-0.39, 0.29) is 17.6 Å². The number of hydrogen-bond acceptors (Lipinski definition) is 4. The van der Waals surface area contributed by atoms with Crippen LogP contribution < -0.4 is 16.3 Å². The average molecular weight is 522 g/mol. The molecule has 1 fully saturated rings. The van der Waals surface area contributed by atoms with Gasteiger partial charge in [0.2, 0.25) is 11.8 Å². The molecule has 3 amide bonds. The highest BCUT2D eigenvalue weighted by Gasteiger charge is 2.35. The van der Waals surface area contributed by atoms with E-state index < -0.39 is 23.6 Å². The Bertz CT molecular complexity index is 1340. The number of nitrogens with one attached hydrogen (secondary N) is 3. The number of para-hydroxylation sites is 2. The van der Waals surface area contributed by atoms with Crippen LogP contribution in [0.5, 0.6) is 0 Å². The Balaban J connectivity index is 1.44. The Morgan fingerprint density at radius 1 is 1.05 bits per heavy atom. The molecule has 0 radical (unpaired) electrons. The maximum atomic E-state index is 13.6. The fourth-order valence-electron chi connectivity index (χ4n) is 5.08. The second-order valence-electron chi connectivity index (χ2n) is 10.3. The normalized spacial score (nSPS) is 15.3. The molecule has 0 unspecified atom stereocenters. The number of fused-ring (bicyclic) bond motifs is 1. The minimum Gasteiger partial charge on any atom is -0.465 e. The number of likely N-dealkylation sites (tertiary alicyclic amines) is 1. The third kappa shape index (κ3) is 6.24. The predicted molar refractivity (Wildman–Crippen MR) is 144 cm³/mol. The molecule has 1 saturated heterocycles. The largest absolute Gasteiger partial charge is 0.465 e. The number of hydrogen-bond donors (Lipinski definition) is 4. The fraction of sp³-hybridized carbons (Fsp3) is 0.429. The summed E-state index contributed by atoms with van der Waals surface area (Å²) >= 11 is 0. The molecule has 0 bridgehead atoms. The molecule has 0 aliphatic carbocycles. The molecule has 10 heteroatoms. The first-order chi connectivity index (χ1) is 18.2. The number of rotatable bonds is 9. The predicted octanol–water partition coefficient (Wildman–Crippen LogP) is 3.05. The lowest BCUT2D eigenvalue weighted by Crippen LogP contribution is -2.59. The first kappa shape index (κ1) is 27.0. The second-order valence-corrected chi connectivity index (χ2v) is 10.3. The summed E-state index contributed by atoms with van der Waals surface area (Å²) in [6.45, 7) is 3.84. The number of imidazole rings is 1. The van der Waals surface area contributed by atoms with Gasteiger partial charge in [-0.1, -0.05) is 42.5 Å². The van der Waals surface area contributed by atoms with Gasteiger partial charge in [0.25, 0.3) is 0 Å². The highest BCUT2D eigenvalue weighted by molar-refractivity contribution is 5.93. The van der Waals surface area contributed by atoms with E-state index in [0.717, 1.165) is 23.0 Å². The van der Waals surface area contributed by atoms with E-state index in [4.69, 9.17) is 5.11 Å². The van der Waals surface area contributed by atoms with Gasteiger partial charge in [0.05, 0.1) is 11.0 Å². The maximum Gasteiger partial charge on any atom is 0.405 e. The molecule has 1 aliphatic heterocycles. The molecule has 0 spiro atoms. The Kier molecular flexibility index (Phi) is 8.19. The lowest BCUT2D eigenvalue weighted by Gasteiger charge is -2.35. The molecule has 4 rings (SSSR count). The SMILES string of the molecule is CC(C)(NC(=O)O)C(=O)N[C@H](CCCc1ccccc1)C(=O)N1CCC(n2c(=O)[nH]c3ccccc32)CC1. The first-order valence-electron chi connectivity index (χ1n) is 13.0. The third-order valence-electron chi connectivity index (χ3n) is 7.16. The van der Waals surface area contributed by atoms with Crippen LogP contribution in [0.1, 0.15) is 51.1 Å². The monoisotopic (exact) mass is 521 g/mol. The highest BCUT2D eigenvalue weighted by atomic mass is 16.4. The highest BCUT2D eigenvalue weighted by Crippen LogP contribution is 2.25. The minimum atomic E-state index is -1.40. The van der Waals surface area contributed by atoms with Crippen LogP contribution >= 0.6 is 0 Å². The summed E-state index contributed by atoms with van der Waals surface area (Å²) in [5.74, 6) is -0.750. The van der Waals surface area contributed by atoms with E-state index in [1.54, 1.807) is 9.47 Å². The summed E-state index contributed by atoms with van der Waals surface area (Å²) in [6, 6.07) is 16.6. The quantitative estimate of drug-likeness (QED) is 0.343. The van der Waals surface area contributed by atoms with Gasteiger partial charge in [-0.25, -0.2) is 9.59 Å². The molecule has 3 aromatic rings. The lowest BCUT2D eigenvalue weighted by molar-refractivity contribution is -0.139. The van der Waals surface area contributed by atoms with Gasteiger partial charge >= 0.3 is 11.8 Å². The van der Waals surface area contributed by atoms with Crippen molar-refractivity contribution in [1.29, 1.82) is 0 Å². The Hall–Kier alpha value is -4.08. The van der Waals surface area contributed by atoms with Crippen molar-refractivity contribution in [3.05, 3.63) is 70.6 Å². The number of carboxylic acid groups (broad SMARTS) is 1. The average Bonchev–Trinajstić information content (AvgIpc) is 3.23. The molecule has 2 heterocycles. The number of aryl methyl sites for hydroxylation is 1. The number of carbonyl (C=O) groups excluding carboxylic acids is 2. The number of aromatic nitrogens is 2. The Labute approximate surface area is 221 Å². The Morgan fingerprint density at radius 3 is 2.39 bits per heavy atom. The first-order valence-corrected chi connectivity index (χ1v) is 13.0. The molecule has 4 N–H and O–H groups in total. The van der Waals surface area contributed by atoms with Crippen molar-refractivity contribution in [1.82, 2.24) is 25.1 Å². The van der Waals surface area contributed by atoms with Crippen LogP contribution in [0, 0.1) is 0 Å². The van der Waals surface area contributed by atoms with Crippen LogP contribution in [0.25, 0.3) is 11.0 Å². The van der Waals surface area contributed by atoms with Gasteiger partial charge in [-0.15, -0.1) is 0 Å². The van der Waals surface area contributed by atoms with Crippen molar-refractivity contribution in [2.24, 2.45) is 0 Å². The van der Waals surface area contributed by atoms with Crippen LogP contribution in [0.4, 0.5) is 4.79 Å². The molecular formula is C28H35N5O5. The van der Waals surface area contributed by atoms with Gasteiger partial charge in [0.1, 0.15) is 11.6 Å². The topological polar surface area (TPSA) is 137 Å². The van der Waals surface area contributed by atoms with Crippen LogP contribution in [0.15, 0.2) is 59.4 Å². The zero-order chi connectivity index (χ0) is 27.3. The van der Waals surface area contributed by atoms with Gasteiger partial charge < -0.3 is 25.6 Å². The molecule has 1 aromatic heterocycles. The van der Waals surface area contributed by atoms with Crippen LogP contribution in [-0.2, 0) is 16.0 Å². The van der Waals surface area contributed by atoms with Crippen molar-refractivity contribution in [3.63, 3.8) is 0 Å². The van der Waals surface area contributed by atoms with Crippen LogP contribution in [0.3, 0.4) is 0 Å². The molecule has 0 saturated carbocycles. The Morgan fingerprint density at radius 2 is 1.71 bits per heavy atom. The van der Waals surface area contributed by atoms with Crippen LogP contribution in [-0.4, -0.2) is 62.1 Å². The smallest absolute Gasteiger partial charge is 0.405 e. The van der Waals surface area contributed by atoms with Gasteiger partial charge in [-0.05, 0) is 63.6 Å². The number of carbonyl (C=O) groups is 3. The minimum absolute atomic E-state index is 0.0347. The molecule has 2 aromatic carbocycles. The van der Waals surface area contributed by atoms with Gasteiger partial charge in [0, 0.05) is 19.1 Å². The van der Waals surface area contributed by atoms with Crippen LogP contribution in [0.2, 0.25) is 0 Å². The maximum absolute atomic E-state index is 13.6. The fourth-order valence-corrected chi connectivity index (χ4v) is 5.08. The zero-order valence-electron chi connectivity index (χ0n) is 21.8. The lowest BCUT2D eigenvalue weighted by atomic mass is 9.99. The molecule has 1 atom stereocenters. The van der Waals surface area contributed by atoms with Crippen molar-refractivity contribution < 1.29 is 19.5 Å². The van der Waals surface area contributed by atoms with E-state index in [1.807, 2.05) is 54.6 Å². The van der Waals surface area contributed by atoms with E-state index >= 15 is 0 Å². The summed E-state index contributed by atoms with van der Waals surface area (Å²) in [7, 11) is 0. The number of benzene rings is 2. The molecule has 1 aliphatic rings. The number of nitrogens with zero attached hydrogens (tertiary/aromatic N) is 2. The zero-order valence-corrected chi connectivity index (χ0v) is 21.8. The van der Waals surface area contributed by atoms with E-state index in [0.29, 0.717) is 38.8 Å². The van der Waals surface area contributed by atoms with E-state index in [1.165, 1.54) is 13.8 Å². The van der Waals surface area contributed by atoms with Crippen molar-refractivity contribution in [3.8, 4) is 0 Å². The van der Waals surface area contributed by atoms with Gasteiger partial charge in [-0.3, -0.25) is 14.2 Å². The number of H-pyrrole nitrogens is 1. The summed E-state index contributed by atoms with van der Waals surface area (Å²) in [5, 5.41) is 14.1. The van der Waals surface area contributed by atoms with Crippen molar-refractivity contribution in [2.75, 3.05) is 13.1 Å². The van der Waals surface area contributed by atoms with Crippen molar-refractivity contribution >= 4 is 28.9 Å². The second kappa shape index (κ2) is 11.5. The van der Waals surface area contributed by atoms with Gasteiger partial charge in [0.15, 0.2) is 0 Å². The molecular weight excluding hydrogens is 486 g/mol. The molecule has 38 heavy (non-hydrogen) atoms. The summed E-state index contributed by atoms with van der Waals surface area (Å²) in [6.07, 6.45) is 1.77. The summed E-state index contributed by atoms with van der Waals surface area (Å²) < 4.78 is 1.77. The van der Waals surface area contributed by atoms with Gasteiger partial charge in [-0.2, -0.15) is 0 Å². The molecule has 10 nitrogen and oxygen atoms in total. The van der Waals surface area contributed by atoms with E-state index in [9.17, 15) is 19.2 Å². The summed E-state index contributed by atoms with van der Waals surface area (Å²) in [5.41, 5.74) is 1.22. The molecule has 202 valence electrons. The third-order valence-corrected chi connectivity index (χ3v) is 7.16. The summed E-state index contributed by atoms with van der Waals surface area (Å²) in [4.78, 5) is 55.0. The number of aromatic amines is 1.